The van der Waals surface area contributed by atoms with E-state index in [1.54, 1.807) is 6.33 Å². The van der Waals surface area contributed by atoms with E-state index in [2.05, 4.69) is 20.3 Å². The summed E-state index contributed by atoms with van der Waals surface area (Å²) < 4.78 is 2.01. The lowest BCUT2D eigenvalue weighted by Crippen LogP contribution is -2.43. The molecule has 0 aliphatic carbocycles. The van der Waals surface area contributed by atoms with E-state index in [0.29, 0.717) is 11.8 Å². The second kappa shape index (κ2) is 5.55. The molecule has 22 heavy (non-hydrogen) atoms. The van der Waals surface area contributed by atoms with E-state index in [0.717, 1.165) is 51.1 Å². The number of amides is 1. The molecular weight excluding hydrogens is 280 g/mol. The van der Waals surface area contributed by atoms with Gasteiger partial charge in [-0.25, -0.2) is 4.98 Å². The second-order valence-electron chi connectivity index (χ2n) is 6.21. The van der Waals surface area contributed by atoms with Gasteiger partial charge in [-0.15, -0.1) is 0 Å². The average Bonchev–Trinajstić information content (AvgIpc) is 3.25. The lowest BCUT2D eigenvalue weighted by atomic mass is 9.91. The fraction of sp³-hybridized carbons (Fsp3) is 0.600. The zero-order valence-electron chi connectivity index (χ0n) is 12.5. The number of piperidine rings is 1. The van der Waals surface area contributed by atoms with E-state index in [4.69, 9.17) is 0 Å². The molecule has 1 N–H and O–H groups in total. The number of aromatic nitrogens is 5. The van der Waals surface area contributed by atoms with Gasteiger partial charge < -0.3 is 4.90 Å². The lowest BCUT2D eigenvalue weighted by Gasteiger charge is -2.34. The SMILES string of the molecule is O=C(C1CCn2nccc2C1)N1CCC(c2ncn[nH]2)CC1. The molecule has 0 aromatic carbocycles. The van der Waals surface area contributed by atoms with Gasteiger partial charge in [0.05, 0.1) is 0 Å². The predicted molar refractivity (Wildman–Crippen MR) is 79.0 cm³/mol. The number of carbonyl (C=O) groups excluding carboxylic acids is 1. The van der Waals surface area contributed by atoms with Crippen molar-refractivity contribution in [2.75, 3.05) is 13.1 Å². The van der Waals surface area contributed by atoms with Crippen LogP contribution in [0.1, 0.15) is 36.7 Å². The molecule has 7 nitrogen and oxygen atoms in total. The zero-order chi connectivity index (χ0) is 14.9. The summed E-state index contributed by atoms with van der Waals surface area (Å²) in [5.41, 5.74) is 1.18. The summed E-state index contributed by atoms with van der Waals surface area (Å²) in [7, 11) is 0. The van der Waals surface area contributed by atoms with Gasteiger partial charge in [0.25, 0.3) is 0 Å². The number of aromatic amines is 1. The Morgan fingerprint density at radius 2 is 2.09 bits per heavy atom. The molecule has 2 aliphatic rings. The first kappa shape index (κ1) is 13.5. The van der Waals surface area contributed by atoms with Crippen LogP contribution in [0.15, 0.2) is 18.6 Å². The minimum atomic E-state index is 0.117. The van der Waals surface area contributed by atoms with Crippen LogP contribution in [0.2, 0.25) is 0 Å². The van der Waals surface area contributed by atoms with Crippen LogP contribution in [0.5, 0.6) is 0 Å². The summed E-state index contributed by atoms with van der Waals surface area (Å²) in [5, 5.41) is 11.1. The Bertz CT molecular complexity index is 641. The van der Waals surface area contributed by atoms with Crippen molar-refractivity contribution in [1.82, 2.24) is 29.9 Å². The average molecular weight is 300 g/mol. The number of hydrogen-bond donors (Lipinski definition) is 1. The number of hydrogen-bond acceptors (Lipinski definition) is 4. The van der Waals surface area contributed by atoms with Crippen molar-refractivity contribution < 1.29 is 4.79 Å². The maximum Gasteiger partial charge on any atom is 0.226 e. The molecule has 2 aromatic heterocycles. The third-order valence-electron chi connectivity index (χ3n) is 4.93. The van der Waals surface area contributed by atoms with Gasteiger partial charge in [0, 0.05) is 49.8 Å². The van der Waals surface area contributed by atoms with Crippen LogP contribution in [0.3, 0.4) is 0 Å². The van der Waals surface area contributed by atoms with Crippen molar-refractivity contribution in [3.8, 4) is 0 Å². The Morgan fingerprint density at radius 1 is 1.23 bits per heavy atom. The number of nitrogens with one attached hydrogen (secondary N) is 1. The quantitative estimate of drug-likeness (QED) is 0.896. The van der Waals surface area contributed by atoms with Gasteiger partial charge in [0.15, 0.2) is 0 Å². The van der Waals surface area contributed by atoms with E-state index in [-0.39, 0.29) is 5.92 Å². The molecule has 1 unspecified atom stereocenters. The summed E-state index contributed by atoms with van der Waals surface area (Å²) in [6.07, 6.45) is 7.02. The highest BCUT2D eigenvalue weighted by Crippen LogP contribution is 2.28. The number of nitrogens with zero attached hydrogens (tertiary/aromatic N) is 5. The molecule has 2 aliphatic heterocycles. The molecule has 0 bridgehead atoms. The molecule has 1 amide bonds. The minimum absolute atomic E-state index is 0.117. The molecule has 1 fully saturated rings. The third-order valence-corrected chi connectivity index (χ3v) is 4.93. The molecular formula is C15H20N6O. The van der Waals surface area contributed by atoms with Gasteiger partial charge in [0.1, 0.15) is 12.2 Å². The van der Waals surface area contributed by atoms with Crippen LogP contribution in [-0.4, -0.2) is 48.9 Å². The molecule has 4 rings (SSSR count). The number of H-pyrrole nitrogens is 1. The van der Waals surface area contributed by atoms with Crippen molar-refractivity contribution in [3.05, 3.63) is 30.1 Å². The van der Waals surface area contributed by atoms with Gasteiger partial charge in [-0.2, -0.15) is 10.2 Å². The van der Waals surface area contributed by atoms with E-state index in [9.17, 15) is 4.79 Å². The van der Waals surface area contributed by atoms with E-state index in [1.807, 2.05) is 21.8 Å². The lowest BCUT2D eigenvalue weighted by molar-refractivity contribution is -0.137. The van der Waals surface area contributed by atoms with E-state index >= 15 is 0 Å². The summed E-state index contributed by atoms with van der Waals surface area (Å²) in [4.78, 5) is 19.0. The Labute approximate surface area is 128 Å². The number of carbonyl (C=O) groups is 1. The monoisotopic (exact) mass is 300 g/mol. The first-order chi connectivity index (χ1) is 10.8. The highest BCUT2D eigenvalue weighted by atomic mass is 16.2. The third kappa shape index (κ3) is 2.40. The predicted octanol–water partition coefficient (Wildman–Crippen LogP) is 0.970. The highest BCUT2D eigenvalue weighted by molar-refractivity contribution is 5.79. The Kier molecular flexibility index (Phi) is 3.40. The van der Waals surface area contributed by atoms with E-state index < -0.39 is 0 Å². The van der Waals surface area contributed by atoms with Crippen molar-refractivity contribution in [2.24, 2.45) is 5.92 Å². The van der Waals surface area contributed by atoms with Crippen LogP contribution < -0.4 is 0 Å². The van der Waals surface area contributed by atoms with Gasteiger partial charge >= 0.3 is 0 Å². The van der Waals surface area contributed by atoms with Crippen LogP contribution in [0.4, 0.5) is 0 Å². The summed E-state index contributed by atoms with van der Waals surface area (Å²) in [5.74, 6) is 1.78. The Hall–Kier alpha value is -2.18. The van der Waals surface area contributed by atoms with E-state index in [1.165, 1.54) is 5.69 Å². The standard InChI is InChI=1S/C15H20N6O/c22-15(12-4-8-21-13(9-12)1-5-18-21)20-6-2-11(3-7-20)14-16-10-17-19-14/h1,5,10-12H,2-4,6-9H2,(H,16,17,19). The summed E-state index contributed by atoms with van der Waals surface area (Å²) >= 11 is 0. The number of likely N-dealkylation sites (tertiary alicyclic amines) is 1. The molecule has 4 heterocycles. The molecule has 0 spiro atoms. The van der Waals surface area contributed by atoms with Gasteiger partial charge in [-0.1, -0.05) is 0 Å². The molecule has 1 saturated heterocycles. The largest absolute Gasteiger partial charge is 0.342 e. The van der Waals surface area contributed by atoms with Crippen LogP contribution >= 0.6 is 0 Å². The molecule has 0 radical (unpaired) electrons. The van der Waals surface area contributed by atoms with Crippen LogP contribution in [0, 0.1) is 5.92 Å². The Morgan fingerprint density at radius 3 is 2.86 bits per heavy atom. The number of fused-ring (bicyclic) bond motifs is 1. The van der Waals surface area contributed by atoms with Crippen molar-refractivity contribution in [3.63, 3.8) is 0 Å². The molecule has 2 aromatic rings. The maximum absolute atomic E-state index is 12.7. The van der Waals surface area contributed by atoms with Crippen molar-refractivity contribution >= 4 is 5.91 Å². The summed E-state index contributed by atoms with van der Waals surface area (Å²) in [6, 6.07) is 2.02. The normalized spacial score (nSPS) is 22.5. The van der Waals surface area contributed by atoms with Crippen molar-refractivity contribution in [1.29, 1.82) is 0 Å². The first-order valence-corrected chi connectivity index (χ1v) is 7.96. The first-order valence-electron chi connectivity index (χ1n) is 7.96. The zero-order valence-corrected chi connectivity index (χ0v) is 12.5. The maximum atomic E-state index is 12.7. The molecule has 1 atom stereocenters. The number of rotatable bonds is 2. The van der Waals surface area contributed by atoms with Gasteiger partial charge in [-0.05, 0) is 25.3 Å². The molecule has 0 saturated carbocycles. The number of aryl methyl sites for hydroxylation is 1. The van der Waals surface area contributed by atoms with Gasteiger partial charge in [-0.3, -0.25) is 14.6 Å². The smallest absolute Gasteiger partial charge is 0.226 e. The van der Waals surface area contributed by atoms with Crippen LogP contribution in [-0.2, 0) is 17.8 Å². The van der Waals surface area contributed by atoms with Crippen LogP contribution in [0.25, 0.3) is 0 Å². The molecule has 7 heteroatoms. The van der Waals surface area contributed by atoms with Gasteiger partial charge in [0.2, 0.25) is 5.91 Å². The fourth-order valence-electron chi connectivity index (χ4n) is 3.62. The minimum Gasteiger partial charge on any atom is -0.342 e. The van der Waals surface area contributed by atoms with Crippen molar-refractivity contribution in [2.45, 2.75) is 38.1 Å². The fourth-order valence-corrected chi connectivity index (χ4v) is 3.62. The summed E-state index contributed by atoms with van der Waals surface area (Å²) in [6.45, 7) is 2.49. The Balaban J connectivity index is 1.37. The topological polar surface area (TPSA) is 79.7 Å². The second-order valence-corrected chi connectivity index (χ2v) is 6.21. The highest BCUT2D eigenvalue weighted by Gasteiger charge is 2.31. The molecule has 116 valence electrons.